The Labute approximate surface area is 128 Å². The van der Waals surface area contributed by atoms with Crippen LogP contribution in [0.25, 0.3) is 5.69 Å². The van der Waals surface area contributed by atoms with Gasteiger partial charge in [0.2, 0.25) is 11.6 Å². The second-order valence-corrected chi connectivity index (χ2v) is 5.19. The van der Waals surface area contributed by atoms with Crippen LogP contribution in [0.5, 0.6) is 0 Å². The summed E-state index contributed by atoms with van der Waals surface area (Å²) in [6.45, 7) is 5.97. The lowest BCUT2D eigenvalue weighted by Gasteiger charge is -1.99. The maximum atomic E-state index is 6.43. The van der Waals surface area contributed by atoms with E-state index in [4.69, 9.17) is 23.1 Å². The van der Waals surface area contributed by atoms with E-state index >= 15 is 0 Å². The molecule has 0 bridgehead atoms. The van der Waals surface area contributed by atoms with Gasteiger partial charge in [0.25, 0.3) is 0 Å². The molecule has 0 saturated carbocycles. The summed E-state index contributed by atoms with van der Waals surface area (Å²) in [6, 6.07) is 6.18. The van der Waals surface area contributed by atoms with Crippen molar-refractivity contribution in [1.29, 1.82) is 0 Å². The van der Waals surface area contributed by atoms with E-state index in [9.17, 15) is 0 Å². The zero-order chi connectivity index (χ0) is 15.6. The van der Waals surface area contributed by atoms with Crippen LogP contribution in [-0.2, 0) is 0 Å². The van der Waals surface area contributed by atoms with Crippen LogP contribution in [0, 0.1) is 20.8 Å². The number of halogens is 1. The molecule has 21 heavy (non-hydrogen) atoms. The van der Waals surface area contributed by atoms with Crippen LogP contribution in [0.3, 0.4) is 0 Å². The van der Waals surface area contributed by atoms with Crippen molar-refractivity contribution in [2.24, 2.45) is 21.7 Å². The van der Waals surface area contributed by atoms with Crippen LogP contribution in [0.1, 0.15) is 22.4 Å². The van der Waals surface area contributed by atoms with Crippen molar-refractivity contribution in [1.82, 2.24) is 5.10 Å². The lowest BCUT2D eigenvalue weighted by molar-refractivity contribution is -0.654. The van der Waals surface area contributed by atoms with E-state index < -0.39 is 0 Å². The predicted molar refractivity (Wildman–Crippen MR) is 84.9 cm³/mol. The number of H-pyrrole nitrogens is 1. The number of aromatic nitrogens is 2. The Balaban J connectivity index is 2.51. The Kier molecular flexibility index (Phi) is 4.28. The summed E-state index contributed by atoms with van der Waals surface area (Å²) in [5.74, 6) is -0.0991. The smallest absolute Gasteiger partial charge is 0.315 e. The van der Waals surface area contributed by atoms with Crippen LogP contribution >= 0.6 is 11.6 Å². The molecule has 0 atom stereocenters. The highest BCUT2D eigenvalue weighted by Crippen LogP contribution is 2.17. The van der Waals surface area contributed by atoms with Crippen LogP contribution in [0.15, 0.2) is 28.4 Å². The van der Waals surface area contributed by atoms with Gasteiger partial charge in [-0.15, -0.1) is 5.10 Å². The van der Waals surface area contributed by atoms with Gasteiger partial charge in [0.05, 0.1) is 11.9 Å². The molecule has 7 heteroatoms. The maximum absolute atomic E-state index is 6.43. The van der Waals surface area contributed by atoms with Gasteiger partial charge in [-0.25, -0.2) is 0 Å². The van der Waals surface area contributed by atoms with Gasteiger partial charge >= 0.3 is 5.15 Å². The fourth-order valence-electron chi connectivity index (χ4n) is 1.98. The zero-order valence-corrected chi connectivity index (χ0v) is 12.9. The summed E-state index contributed by atoms with van der Waals surface area (Å²) in [5.41, 5.74) is 15.3. The standard InChI is InChI=1S/C14H17ClN6/c1-8-4-5-9(2)12(6-8)21-13(15)11(10(3)20-21)7-18-19-14(16)17/h4-7H,1-3H3,(H4,16,17,19)/p+1/b18-7+. The topological polar surface area (TPSA) is 96.4 Å². The third-order valence-electron chi connectivity index (χ3n) is 3.07. The SMILES string of the molecule is Cc1ccc(C)c(-[n+]2[nH]c(C)c(/C=N/N=C(N)N)c2Cl)c1. The number of rotatable bonds is 3. The van der Waals surface area contributed by atoms with Crippen molar-refractivity contribution < 1.29 is 4.68 Å². The predicted octanol–water partition coefficient (Wildman–Crippen LogP) is 1.48. The number of nitrogens with two attached hydrogens (primary N) is 2. The molecule has 0 fully saturated rings. The van der Waals surface area contributed by atoms with Crippen molar-refractivity contribution >= 4 is 23.8 Å². The lowest BCUT2D eigenvalue weighted by atomic mass is 10.1. The molecule has 0 aliphatic heterocycles. The third-order valence-corrected chi connectivity index (χ3v) is 3.44. The molecule has 0 amide bonds. The summed E-state index contributed by atoms with van der Waals surface area (Å²) in [6.07, 6.45) is 1.52. The highest BCUT2D eigenvalue weighted by Gasteiger charge is 2.23. The van der Waals surface area contributed by atoms with E-state index in [0.29, 0.717) is 5.15 Å². The summed E-state index contributed by atoms with van der Waals surface area (Å²) in [5, 5.41) is 11.1. The van der Waals surface area contributed by atoms with E-state index in [1.807, 2.05) is 25.5 Å². The minimum Gasteiger partial charge on any atom is -0.369 e. The van der Waals surface area contributed by atoms with E-state index in [0.717, 1.165) is 28.1 Å². The summed E-state index contributed by atoms with van der Waals surface area (Å²) in [7, 11) is 0. The van der Waals surface area contributed by atoms with Gasteiger partial charge in [-0.3, -0.25) is 0 Å². The Hall–Kier alpha value is -2.34. The monoisotopic (exact) mass is 305 g/mol. The molecule has 0 radical (unpaired) electrons. The highest BCUT2D eigenvalue weighted by atomic mass is 35.5. The minimum absolute atomic E-state index is 0.0991. The number of guanidine groups is 1. The molecule has 6 nitrogen and oxygen atoms in total. The van der Waals surface area contributed by atoms with E-state index in [2.05, 4.69) is 33.5 Å². The molecule has 5 N–H and O–H groups in total. The molecule has 1 heterocycles. The first-order valence-electron chi connectivity index (χ1n) is 6.40. The number of nitrogens with zero attached hydrogens (tertiary/aromatic N) is 3. The average Bonchev–Trinajstić information content (AvgIpc) is 2.69. The summed E-state index contributed by atoms with van der Waals surface area (Å²) < 4.78 is 1.82. The Morgan fingerprint density at radius 2 is 2.00 bits per heavy atom. The quantitative estimate of drug-likeness (QED) is 0.346. The molecular formula is C14H18ClN6+. The van der Waals surface area contributed by atoms with Crippen molar-refractivity contribution in [3.8, 4) is 5.69 Å². The first-order valence-corrected chi connectivity index (χ1v) is 6.77. The lowest BCUT2D eigenvalue weighted by Crippen LogP contribution is -2.34. The number of hydrogen-bond donors (Lipinski definition) is 3. The van der Waals surface area contributed by atoms with Crippen molar-refractivity contribution in [2.75, 3.05) is 0 Å². The van der Waals surface area contributed by atoms with Crippen molar-refractivity contribution in [3.63, 3.8) is 0 Å². The number of nitrogens with one attached hydrogen (secondary N) is 1. The van der Waals surface area contributed by atoms with Gasteiger partial charge in [0.1, 0.15) is 5.56 Å². The number of aryl methyl sites for hydroxylation is 3. The van der Waals surface area contributed by atoms with E-state index in [-0.39, 0.29) is 5.96 Å². The second-order valence-electron chi connectivity index (χ2n) is 4.84. The third kappa shape index (κ3) is 3.22. The van der Waals surface area contributed by atoms with Crippen LogP contribution in [-0.4, -0.2) is 17.3 Å². The summed E-state index contributed by atoms with van der Waals surface area (Å²) in [4.78, 5) is 0. The fourth-order valence-corrected chi connectivity index (χ4v) is 2.31. The number of benzene rings is 1. The van der Waals surface area contributed by atoms with Gasteiger partial charge in [-0.2, -0.15) is 10.2 Å². The Morgan fingerprint density at radius 3 is 2.67 bits per heavy atom. The van der Waals surface area contributed by atoms with Crippen molar-refractivity contribution in [3.05, 3.63) is 45.7 Å². The van der Waals surface area contributed by atoms with Crippen LogP contribution < -0.4 is 16.1 Å². The Bertz CT molecular complexity index is 725. The normalized spacial score (nSPS) is 11.0. The Morgan fingerprint density at radius 1 is 1.29 bits per heavy atom. The maximum Gasteiger partial charge on any atom is 0.315 e. The first kappa shape index (κ1) is 15.1. The second kappa shape index (κ2) is 5.97. The van der Waals surface area contributed by atoms with Gasteiger partial charge in [0.15, 0.2) is 0 Å². The molecule has 1 aromatic carbocycles. The molecule has 0 spiro atoms. The molecule has 0 aliphatic carbocycles. The number of aromatic amines is 1. The first-order chi connectivity index (χ1) is 9.90. The van der Waals surface area contributed by atoms with Gasteiger partial charge in [0, 0.05) is 11.6 Å². The molecule has 2 aromatic rings. The summed E-state index contributed by atoms with van der Waals surface area (Å²) >= 11 is 6.43. The molecule has 0 saturated heterocycles. The van der Waals surface area contributed by atoms with E-state index in [1.54, 1.807) is 0 Å². The molecule has 1 aromatic heterocycles. The minimum atomic E-state index is -0.0991. The fraction of sp³-hybridized carbons (Fsp3) is 0.214. The molecule has 0 aliphatic rings. The zero-order valence-electron chi connectivity index (χ0n) is 12.2. The molecule has 0 unspecified atom stereocenters. The largest absolute Gasteiger partial charge is 0.369 e. The highest BCUT2D eigenvalue weighted by molar-refractivity contribution is 6.31. The van der Waals surface area contributed by atoms with Gasteiger partial charge in [-0.05, 0) is 37.9 Å². The molecule has 2 rings (SSSR count). The van der Waals surface area contributed by atoms with Crippen LogP contribution in [0.4, 0.5) is 0 Å². The molecule has 110 valence electrons. The van der Waals surface area contributed by atoms with Crippen LogP contribution in [0.2, 0.25) is 5.15 Å². The van der Waals surface area contributed by atoms with E-state index in [1.165, 1.54) is 6.21 Å². The average molecular weight is 306 g/mol. The number of hydrogen-bond acceptors (Lipinski definition) is 2. The molecular weight excluding hydrogens is 288 g/mol. The van der Waals surface area contributed by atoms with Crippen molar-refractivity contribution in [2.45, 2.75) is 20.8 Å². The van der Waals surface area contributed by atoms with Gasteiger partial charge < -0.3 is 11.5 Å². The van der Waals surface area contributed by atoms with Gasteiger partial charge in [-0.1, -0.05) is 16.8 Å².